The third kappa shape index (κ3) is 2.37. The molecular weight excluding hydrogens is 172 g/mol. The first-order valence-corrected chi connectivity index (χ1v) is 4.54. The van der Waals surface area contributed by atoms with Gasteiger partial charge in [0.1, 0.15) is 0 Å². The van der Waals surface area contributed by atoms with E-state index in [0.717, 1.165) is 11.4 Å². The van der Waals surface area contributed by atoms with Crippen LogP contribution in [0.5, 0.6) is 0 Å². The van der Waals surface area contributed by atoms with Gasteiger partial charge in [-0.1, -0.05) is 18.2 Å². The third-order valence-electron chi connectivity index (χ3n) is 2.08. The number of aryl methyl sites for hydroxylation is 2. The maximum Gasteiger partial charge on any atom is 0.0930 e. The Labute approximate surface area is 84.9 Å². The van der Waals surface area contributed by atoms with E-state index in [1.54, 1.807) is 0 Å². The SMILES string of the molecule is CC(=CC#N)Nc1c(C)cccc1C. The number of hydrogen-bond acceptors (Lipinski definition) is 2. The molecule has 0 bridgehead atoms. The van der Waals surface area contributed by atoms with E-state index >= 15 is 0 Å². The Morgan fingerprint density at radius 3 is 2.43 bits per heavy atom. The number of nitrogens with zero attached hydrogens (tertiary/aromatic N) is 1. The van der Waals surface area contributed by atoms with Gasteiger partial charge in [-0.05, 0) is 31.9 Å². The number of rotatable bonds is 2. The highest BCUT2D eigenvalue weighted by Gasteiger charge is 2.00. The van der Waals surface area contributed by atoms with Gasteiger partial charge in [-0.25, -0.2) is 0 Å². The van der Waals surface area contributed by atoms with Gasteiger partial charge in [0.25, 0.3) is 0 Å². The van der Waals surface area contributed by atoms with Gasteiger partial charge < -0.3 is 5.32 Å². The zero-order chi connectivity index (χ0) is 10.6. The Kier molecular flexibility index (Phi) is 3.30. The normalized spacial score (nSPS) is 10.9. The van der Waals surface area contributed by atoms with Gasteiger partial charge in [-0.2, -0.15) is 5.26 Å². The molecule has 0 saturated heterocycles. The number of anilines is 1. The van der Waals surface area contributed by atoms with E-state index in [4.69, 9.17) is 5.26 Å². The van der Waals surface area contributed by atoms with Crippen LogP contribution in [0.4, 0.5) is 5.69 Å². The molecule has 1 rings (SSSR count). The monoisotopic (exact) mass is 186 g/mol. The van der Waals surface area contributed by atoms with Crippen LogP contribution < -0.4 is 5.32 Å². The molecular formula is C12H14N2. The summed E-state index contributed by atoms with van der Waals surface area (Å²) in [6.45, 7) is 5.99. The van der Waals surface area contributed by atoms with E-state index < -0.39 is 0 Å². The Bertz CT molecular complexity index is 377. The molecule has 14 heavy (non-hydrogen) atoms. The second-order valence-electron chi connectivity index (χ2n) is 3.35. The van der Waals surface area contributed by atoms with Gasteiger partial charge in [0.15, 0.2) is 0 Å². The summed E-state index contributed by atoms with van der Waals surface area (Å²) in [4.78, 5) is 0. The van der Waals surface area contributed by atoms with Crippen LogP contribution in [0.25, 0.3) is 0 Å². The molecule has 0 aliphatic carbocycles. The highest BCUT2D eigenvalue weighted by molar-refractivity contribution is 5.59. The molecule has 0 fully saturated rings. The Hall–Kier alpha value is -1.75. The summed E-state index contributed by atoms with van der Waals surface area (Å²) in [6, 6.07) is 8.13. The largest absolute Gasteiger partial charge is 0.358 e. The number of nitriles is 1. The summed E-state index contributed by atoms with van der Waals surface area (Å²) in [7, 11) is 0. The number of para-hydroxylation sites is 1. The summed E-state index contributed by atoms with van der Waals surface area (Å²) in [5, 5.41) is 11.7. The molecule has 0 spiro atoms. The highest BCUT2D eigenvalue weighted by Crippen LogP contribution is 2.20. The topological polar surface area (TPSA) is 35.8 Å². The standard InChI is InChI=1S/C12H14N2/c1-9-5-4-6-10(2)12(9)14-11(3)7-8-13/h4-7,14H,1-3H3. The molecule has 0 saturated carbocycles. The average Bonchev–Trinajstić information content (AvgIpc) is 2.12. The minimum atomic E-state index is 0.866. The van der Waals surface area contributed by atoms with Crippen LogP contribution in [0.3, 0.4) is 0 Å². The summed E-state index contributed by atoms with van der Waals surface area (Å²) < 4.78 is 0. The molecule has 1 N–H and O–H groups in total. The van der Waals surface area contributed by atoms with Crippen molar-refractivity contribution in [2.45, 2.75) is 20.8 Å². The average molecular weight is 186 g/mol. The van der Waals surface area contributed by atoms with E-state index in [9.17, 15) is 0 Å². The molecule has 0 radical (unpaired) electrons. The van der Waals surface area contributed by atoms with E-state index in [2.05, 4.69) is 31.3 Å². The first-order chi connectivity index (χ1) is 6.65. The number of hydrogen-bond donors (Lipinski definition) is 1. The maximum absolute atomic E-state index is 8.49. The van der Waals surface area contributed by atoms with E-state index in [0.29, 0.717) is 0 Å². The minimum absolute atomic E-state index is 0.866. The van der Waals surface area contributed by atoms with Crippen molar-refractivity contribution in [3.05, 3.63) is 41.1 Å². The zero-order valence-corrected chi connectivity index (χ0v) is 8.76. The first-order valence-electron chi connectivity index (χ1n) is 4.54. The van der Waals surface area contributed by atoms with Crippen LogP contribution in [0.2, 0.25) is 0 Å². The van der Waals surface area contributed by atoms with E-state index in [1.165, 1.54) is 17.2 Å². The lowest BCUT2D eigenvalue weighted by atomic mass is 10.1. The maximum atomic E-state index is 8.49. The van der Waals surface area contributed by atoms with Crippen LogP contribution >= 0.6 is 0 Å². The van der Waals surface area contributed by atoms with Crippen LogP contribution in [-0.2, 0) is 0 Å². The summed E-state index contributed by atoms with van der Waals surface area (Å²) >= 11 is 0. The molecule has 2 heteroatoms. The van der Waals surface area contributed by atoms with Crippen molar-refractivity contribution < 1.29 is 0 Å². The van der Waals surface area contributed by atoms with Crippen molar-refractivity contribution in [3.63, 3.8) is 0 Å². The fourth-order valence-corrected chi connectivity index (χ4v) is 1.34. The van der Waals surface area contributed by atoms with Gasteiger partial charge in [0, 0.05) is 17.5 Å². The zero-order valence-electron chi connectivity index (χ0n) is 8.76. The number of nitrogens with one attached hydrogen (secondary N) is 1. The molecule has 72 valence electrons. The van der Waals surface area contributed by atoms with Crippen molar-refractivity contribution in [2.75, 3.05) is 5.32 Å². The Morgan fingerprint density at radius 2 is 1.93 bits per heavy atom. The quantitative estimate of drug-likeness (QED) is 0.720. The molecule has 0 unspecified atom stereocenters. The first kappa shape index (κ1) is 10.3. The van der Waals surface area contributed by atoms with Gasteiger partial charge in [-0.15, -0.1) is 0 Å². The smallest absolute Gasteiger partial charge is 0.0930 e. The molecule has 0 amide bonds. The molecule has 1 aromatic rings. The molecule has 0 heterocycles. The summed E-state index contributed by atoms with van der Waals surface area (Å²) in [5.41, 5.74) is 4.34. The summed E-state index contributed by atoms with van der Waals surface area (Å²) in [5.74, 6) is 0. The van der Waals surface area contributed by atoms with Gasteiger partial charge in [0.05, 0.1) is 6.07 Å². The van der Waals surface area contributed by atoms with Gasteiger partial charge in [-0.3, -0.25) is 0 Å². The Balaban J connectivity index is 2.98. The van der Waals surface area contributed by atoms with Crippen molar-refractivity contribution in [3.8, 4) is 6.07 Å². The molecule has 0 aromatic heterocycles. The summed E-state index contributed by atoms with van der Waals surface area (Å²) in [6.07, 6.45) is 1.51. The minimum Gasteiger partial charge on any atom is -0.358 e. The fraction of sp³-hybridized carbons (Fsp3) is 0.250. The lowest BCUT2D eigenvalue weighted by Gasteiger charge is -2.11. The van der Waals surface area contributed by atoms with Crippen molar-refractivity contribution in [1.82, 2.24) is 0 Å². The van der Waals surface area contributed by atoms with Crippen molar-refractivity contribution in [2.24, 2.45) is 0 Å². The van der Waals surface area contributed by atoms with Crippen LogP contribution in [0.15, 0.2) is 30.0 Å². The fourth-order valence-electron chi connectivity index (χ4n) is 1.34. The van der Waals surface area contributed by atoms with Gasteiger partial charge >= 0.3 is 0 Å². The molecule has 2 nitrogen and oxygen atoms in total. The van der Waals surface area contributed by atoms with Crippen LogP contribution in [0.1, 0.15) is 18.1 Å². The highest BCUT2D eigenvalue weighted by atomic mass is 14.9. The van der Waals surface area contributed by atoms with Crippen LogP contribution in [-0.4, -0.2) is 0 Å². The Morgan fingerprint density at radius 1 is 1.36 bits per heavy atom. The van der Waals surface area contributed by atoms with Crippen LogP contribution in [0, 0.1) is 25.2 Å². The number of benzene rings is 1. The van der Waals surface area contributed by atoms with E-state index in [-0.39, 0.29) is 0 Å². The van der Waals surface area contributed by atoms with Gasteiger partial charge in [0.2, 0.25) is 0 Å². The molecule has 0 atom stereocenters. The molecule has 1 aromatic carbocycles. The lowest BCUT2D eigenvalue weighted by molar-refractivity contribution is 1.30. The second kappa shape index (κ2) is 4.48. The molecule has 0 aliphatic heterocycles. The second-order valence-corrected chi connectivity index (χ2v) is 3.35. The third-order valence-corrected chi connectivity index (χ3v) is 2.08. The molecule has 0 aliphatic rings. The predicted octanol–water partition coefficient (Wildman–Crippen LogP) is 3.14. The predicted molar refractivity (Wildman–Crippen MR) is 58.9 cm³/mol. The lowest BCUT2D eigenvalue weighted by Crippen LogP contribution is -1.99. The van der Waals surface area contributed by atoms with Crippen molar-refractivity contribution >= 4 is 5.69 Å². The number of allylic oxidation sites excluding steroid dienone is 2. The van der Waals surface area contributed by atoms with Crippen molar-refractivity contribution in [1.29, 1.82) is 5.26 Å². The van der Waals surface area contributed by atoms with E-state index in [1.807, 2.05) is 19.1 Å².